The Kier molecular flexibility index (Phi) is 2.28. The molecule has 3 heteroatoms. The van der Waals surface area contributed by atoms with Crippen LogP contribution in [0.5, 0.6) is 0 Å². The SMILES string of the molecule is CN1CCC(C2CC2)C(C(=O)O)C1. The largest absolute Gasteiger partial charge is 0.481 e. The molecule has 2 atom stereocenters. The lowest BCUT2D eigenvalue weighted by Crippen LogP contribution is -2.42. The fourth-order valence-corrected chi connectivity index (χ4v) is 2.48. The van der Waals surface area contributed by atoms with Crippen LogP contribution in [0.15, 0.2) is 0 Å². The summed E-state index contributed by atoms with van der Waals surface area (Å²) >= 11 is 0. The number of rotatable bonds is 2. The summed E-state index contributed by atoms with van der Waals surface area (Å²) in [6.07, 6.45) is 3.61. The molecule has 1 heterocycles. The van der Waals surface area contributed by atoms with Gasteiger partial charge in [-0.15, -0.1) is 0 Å². The van der Waals surface area contributed by atoms with Crippen LogP contribution in [0, 0.1) is 17.8 Å². The van der Waals surface area contributed by atoms with E-state index in [0.717, 1.165) is 25.4 Å². The van der Waals surface area contributed by atoms with E-state index < -0.39 is 5.97 Å². The van der Waals surface area contributed by atoms with Crippen molar-refractivity contribution in [3.8, 4) is 0 Å². The summed E-state index contributed by atoms with van der Waals surface area (Å²) in [5.74, 6) is 0.498. The summed E-state index contributed by atoms with van der Waals surface area (Å²) in [5, 5.41) is 9.08. The topological polar surface area (TPSA) is 40.5 Å². The first-order valence-electron chi connectivity index (χ1n) is 5.10. The first-order valence-corrected chi connectivity index (χ1v) is 5.10. The number of nitrogens with zero attached hydrogens (tertiary/aromatic N) is 1. The molecule has 1 saturated heterocycles. The van der Waals surface area contributed by atoms with E-state index in [4.69, 9.17) is 5.11 Å². The van der Waals surface area contributed by atoms with Gasteiger partial charge in [0.1, 0.15) is 0 Å². The van der Waals surface area contributed by atoms with Gasteiger partial charge in [-0.3, -0.25) is 4.79 Å². The van der Waals surface area contributed by atoms with Crippen molar-refractivity contribution in [2.75, 3.05) is 20.1 Å². The Morgan fingerprint density at radius 2 is 2.08 bits per heavy atom. The van der Waals surface area contributed by atoms with Crippen LogP contribution >= 0.6 is 0 Å². The van der Waals surface area contributed by atoms with Gasteiger partial charge in [0.25, 0.3) is 0 Å². The lowest BCUT2D eigenvalue weighted by molar-refractivity contribution is -0.146. The molecule has 0 aromatic carbocycles. The summed E-state index contributed by atoms with van der Waals surface area (Å²) in [7, 11) is 2.01. The summed E-state index contributed by atoms with van der Waals surface area (Å²) in [4.78, 5) is 13.2. The molecule has 1 saturated carbocycles. The highest BCUT2D eigenvalue weighted by Crippen LogP contribution is 2.44. The Hall–Kier alpha value is -0.570. The van der Waals surface area contributed by atoms with E-state index in [9.17, 15) is 4.79 Å². The van der Waals surface area contributed by atoms with E-state index in [1.54, 1.807) is 0 Å². The molecule has 0 amide bonds. The van der Waals surface area contributed by atoms with Gasteiger partial charge in [0.05, 0.1) is 5.92 Å². The molecule has 0 radical (unpaired) electrons. The van der Waals surface area contributed by atoms with Crippen LogP contribution in [-0.4, -0.2) is 36.1 Å². The Morgan fingerprint density at radius 3 is 2.62 bits per heavy atom. The molecule has 0 aromatic heterocycles. The average Bonchev–Trinajstić information content (AvgIpc) is 2.87. The highest BCUT2D eigenvalue weighted by atomic mass is 16.4. The number of likely N-dealkylation sites (tertiary alicyclic amines) is 1. The third kappa shape index (κ3) is 1.85. The molecule has 2 rings (SSSR count). The van der Waals surface area contributed by atoms with Crippen molar-refractivity contribution in [3.63, 3.8) is 0 Å². The second-order valence-electron chi connectivity index (χ2n) is 4.50. The minimum atomic E-state index is -0.594. The van der Waals surface area contributed by atoms with E-state index >= 15 is 0 Å². The highest BCUT2D eigenvalue weighted by Gasteiger charge is 2.42. The maximum Gasteiger partial charge on any atom is 0.308 e. The van der Waals surface area contributed by atoms with Crippen LogP contribution in [0.1, 0.15) is 19.3 Å². The summed E-state index contributed by atoms with van der Waals surface area (Å²) in [6, 6.07) is 0. The average molecular weight is 183 g/mol. The van der Waals surface area contributed by atoms with Gasteiger partial charge in [-0.25, -0.2) is 0 Å². The monoisotopic (exact) mass is 183 g/mol. The van der Waals surface area contributed by atoms with Gasteiger partial charge in [-0.2, -0.15) is 0 Å². The minimum absolute atomic E-state index is 0.105. The van der Waals surface area contributed by atoms with Crippen molar-refractivity contribution >= 4 is 5.97 Å². The lowest BCUT2D eigenvalue weighted by Gasteiger charge is -2.34. The number of hydrogen-bond donors (Lipinski definition) is 1. The lowest BCUT2D eigenvalue weighted by atomic mass is 9.82. The Balaban J connectivity index is 2.02. The van der Waals surface area contributed by atoms with Crippen LogP contribution in [0.4, 0.5) is 0 Å². The van der Waals surface area contributed by atoms with Crippen molar-refractivity contribution in [2.45, 2.75) is 19.3 Å². The summed E-state index contributed by atoms with van der Waals surface area (Å²) in [6.45, 7) is 1.82. The smallest absolute Gasteiger partial charge is 0.308 e. The Bertz CT molecular complexity index is 213. The molecule has 2 fully saturated rings. The first kappa shape index (κ1) is 9.00. The summed E-state index contributed by atoms with van der Waals surface area (Å²) < 4.78 is 0. The zero-order chi connectivity index (χ0) is 9.42. The van der Waals surface area contributed by atoms with Gasteiger partial charge in [-0.1, -0.05) is 0 Å². The van der Waals surface area contributed by atoms with E-state index in [-0.39, 0.29) is 5.92 Å². The van der Waals surface area contributed by atoms with Crippen LogP contribution in [-0.2, 0) is 4.79 Å². The van der Waals surface area contributed by atoms with Crippen molar-refractivity contribution in [3.05, 3.63) is 0 Å². The van der Waals surface area contributed by atoms with Gasteiger partial charge in [0.2, 0.25) is 0 Å². The van der Waals surface area contributed by atoms with E-state index in [1.165, 1.54) is 12.8 Å². The number of aliphatic carboxylic acids is 1. The Morgan fingerprint density at radius 1 is 1.38 bits per heavy atom. The molecule has 1 aliphatic heterocycles. The normalized spacial score (nSPS) is 36.1. The predicted molar refractivity (Wildman–Crippen MR) is 49.5 cm³/mol. The number of piperidine rings is 1. The summed E-state index contributed by atoms with van der Waals surface area (Å²) in [5.41, 5.74) is 0. The third-order valence-electron chi connectivity index (χ3n) is 3.41. The minimum Gasteiger partial charge on any atom is -0.481 e. The molecule has 0 bridgehead atoms. The molecular weight excluding hydrogens is 166 g/mol. The van der Waals surface area contributed by atoms with Crippen LogP contribution in [0.2, 0.25) is 0 Å². The molecule has 1 N–H and O–H groups in total. The highest BCUT2D eigenvalue weighted by molar-refractivity contribution is 5.71. The molecule has 2 unspecified atom stereocenters. The molecule has 74 valence electrons. The van der Waals surface area contributed by atoms with Gasteiger partial charge >= 0.3 is 5.97 Å². The van der Waals surface area contributed by atoms with Crippen LogP contribution < -0.4 is 0 Å². The molecule has 13 heavy (non-hydrogen) atoms. The van der Waals surface area contributed by atoms with E-state index in [2.05, 4.69) is 4.90 Å². The predicted octanol–water partition coefficient (Wildman–Crippen LogP) is 1.05. The molecule has 1 aliphatic carbocycles. The van der Waals surface area contributed by atoms with Crippen molar-refractivity contribution in [2.24, 2.45) is 17.8 Å². The molecular formula is C10H17NO2. The van der Waals surface area contributed by atoms with Crippen molar-refractivity contribution in [1.29, 1.82) is 0 Å². The third-order valence-corrected chi connectivity index (χ3v) is 3.41. The quantitative estimate of drug-likeness (QED) is 0.695. The van der Waals surface area contributed by atoms with E-state index in [1.807, 2.05) is 7.05 Å². The molecule has 2 aliphatic rings. The maximum absolute atomic E-state index is 11.0. The second kappa shape index (κ2) is 3.29. The van der Waals surface area contributed by atoms with Gasteiger partial charge in [0.15, 0.2) is 0 Å². The van der Waals surface area contributed by atoms with Crippen molar-refractivity contribution < 1.29 is 9.90 Å². The van der Waals surface area contributed by atoms with Gasteiger partial charge in [0, 0.05) is 6.54 Å². The number of carboxylic acid groups (broad SMARTS) is 1. The zero-order valence-electron chi connectivity index (χ0n) is 8.07. The van der Waals surface area contributed by atoms with Crippen molar-refractivity contribution in [1.82, 2.24) is 4.90 Å². The fraction of sp³-hybridized carbons (Fsp3) is 0.900. The molecule has 3 nitrogen and oxygen atoms in total. The van der Waals surface area contributed by atoms with Crippen LogP contribution in [0.3, 0.4) is 0 Å². The molecule has 0 aromatic rings. The van der Waals surface area contributed by atoms with Gasteiger partial charge in [-0.05, 0) is 44.7 Å². The fourth-order valence-electron chi connectivity index (χ4n) is 2.48. The first-order chi connectivity index (χ1) is 6.18. The maximum atomic E-state index is 11.0. The number of hydrogen-bond acceptors (Lipinski definition) is 2. The standard InChI is InChI=1S/C10H17NO2/c1-11-5-4-8(7-2-3-7)9(6-11)10(12)13/h7-9H,2-6H2,1H3,(H,12,13). The number of carboxylic acids is 1. The molecule has 0 spiro atoms. The number of carbonyl (C=O) groups is 1. The zero-order valence-corrected chi connectivity index (χ0v) is 8.07. The van der Waals surface area contributed by atoms with E-state index in [0.29, 0.717) is 5.92 Å². The Labute approximate surface area is 78.7 Å². The van der Waals surface area contributed by atoms with Gasteiger partial charge < -0.3 is 10.0 Å². The van der Waals surface area contributed by atoms with Crippen LogP contribution in [0.25, 0.3) is 0 Å². The second-order valence-corrected chi connectivity index (χ2v) is 4.50.